The summed E-state index contributed by atoms with van der Waals surface area (Å²) in [5.74, 6) is -0.0797. The van der Waals surface area contributed by atoms with Crippen LogP contribution in [0.3, 0.4) is 0 Å². The SMILES string of the molecule is C[C@@H](CN1CCCCC1)NC(=O)c1cc(-c2csc(N)n2)c[nH]1. The van der Waals surface area contributed by atoms with Crippen LogP contribution in [0, 0.1) is 0 Å². The molecule has 3 rings (SSSR count). The van der Waals surface area contributed by atoms with E-state index in [-0.39, 0.29) is 11.9 Å². The highest BCUT2D eigenvalue weighted by atomic mass is 32.1. The third-order valence-corrected chi connectivity index (χ3v) is 4.78. The number of hydrogen-bond acceptors (Lipinski definition) is 5. The van der Waals surface area contributed by atoms with E-state index in [0.29, 0.717) is 10.8 Å². The number of thiazole rings is 1. The topological polar surface area (TPSA) is 87.0 Å². The number of hydrogen-bond donors (Lipinski definition) is 3. The second-order valence-corrected chi connectivity index (χ2v) is 7.00. The number of nitrogen functional groups attached to an aromatic ring is 1. The van der Waals surface area contributed by atoms with Crippen LogP contribution in [0.25, 0.3) is 11.3 Å². The van der Waals surface area contributed by atoms with Crippen molar-refractivity contribution in [1.29, 1.82) is 0 Å². The number of carbonyl (C=O) groups excluding carboxylic acids is 1. The van der Waals surface area contributed by atoms with E-state index in [1.165, 1.54) is 30.6 Å². The number of piperidine rings is 1. The standard InChI is InChI=1S/C16H23N5OS/c1-11(9-21-5-3-2-4-6-21)19-15(22)13-7-12(8-18-13)14-10-23-16(17)20-14/h7-8,10-11,18H,2-6,9H2,1H3,(H2,17,20)(H,19,22)/t11-/m0/s1. The highest BCUT2D eigenvalue weighted by Gasteiger charge is 2.17. The summed E-state index contributed by atoms with van der Waals surface area (Å²) < 4.78 is 0. The summed E-state index contributed by atoms with van der Waals surface area (Å²) in [5, 5.41) is 5.48. The molecule has 0 bridgehead atoms. The van der Waals surface area contributed by atoms with Crippen LogP contribution in [-0.2, 0) is 0 Å². The first-order valence-corrected chi connectivity index (χ1v) is 8.93. The largest absolute Gasteiger partial charge is 0.375 e. The van der Waals surface area contributed by atoms with Gasteiger partial charge in [0.05, 0.1) is 5.69 Å². The minimum atomic E-state index is -0.0797. The van der Waals surface area contributed by atoms with Crippen molar-refractivity contribution in [2.45, 2.75) is 32.2 Å². The normalized spacial score (nSPS) is 17.1. The first kappa shape index (κ1) is 16.0. The third-order valence-electron chi connectivity index (χ3n) is 4.10. The molecule has 23 heavy (non-hydrogen) atoms. The molecule has 1 amide bonds. The second kappa shape index (κ2) is 7.14. The molecular formula is C16H23N5OS. The average molecular weight is 333 g/mol. The number of likely N-dealkylation sites (tertiary alicyclic amines) is 1. The van der Waals surface area contributed by atoms with Crippen LogP contribution in [0.2, 0.25) is 0 Å². The van der Waals surface area contributed by atoms with Gasteiger partial charge in [-0.15, -0.1) is 11.3 Å². The molecule has 1 atom stereocenters. The van der Waals surface area contributed by atoms with Crippen molar-refractivity contribution in [3.63, 3.8) is 0 Å². The molecule has 0 saturated carbocycles. The summed E-state index contributed by atoms with van der Waals surface area (Å²) >= 11 is 1.39. The summed E-state index contributed by atoms with van der Waals surface area (Å²) in [7, 11) is 0. The minimum absolute atomic E-state index is 0.0797. The highest BCUT2D eigenvalue weighted by molar-refractivity contribution is 7.13. The fourth-order valence-corrected chi connectivity index (χ4v) is 3.54. The number of carbonyl (C=O) groups is 1. The van der Waals surface area contributed by atoms with Crippen molar-refractivity contribution >= 4 is 22.4 Å². The van der Waals surface area contributed by atoms with E-state index in [1.807, 2.05) is 11.4 Å². The summed E-state index contributed by atoms with van der Waals surface area (Å²) in [6.45, 7) is 5.23. The van der Waals surface area contributed by atoms with E-state index < -0.39 is 0 Å². The first-order valence-electron chi connectivity index (χ1n) is 8.05. The Balaban J connectivity index is 1.56. The maximum atomic E-state index is 12.3. The molecule has 1 aliphatic rings. The van der Waals surface area contributed by atoms with E-state index in [0.717, 1.165) is 30.9 Å². The number of anilines is 1. The van der Waals surface area contributed by atoms with Crippen molar-refractivity contribution in [3.05, 3.63) is 23.3 Å². The molecule has 7 heteroatoms. The Hall–Kier alpha value is -1.86. The van der Waals surface area contributed by atoms with Gasteiger partial charge < -0.3 is 20.9 Å². The number of H-pyrrole nitrogens is 1. The average Bonchev–Trinajstić information content (AvgIpc) is 3.16. The van der Waals surface area contributed by atoms with E-state index in [9.17, 15) is 4.79 Å². The van der Waals surface area contributed by atoms with Crippen molar-refractivity contribution < 1.29 is 4.79 Å². The van der Waals surface area contributed by atoms with Gasteiger partial charge in [0.15, 0.2) is 5.13 Å². The smallest absolute Gasteiger partial charge is 0.267 e. The zero-order chi connectivity index (χ0) is 16.2. The number of nitrogens with zero attached hydrogens (tertiary/aromatic N) is 2. The molecule has 1 fully saturated rings. The van der Waals surface area contributed by atoms with Gasteiger partial charge in [0.25, 0.3) is 5.91 Å². The summed E-state index contributed by atoms with van der Waals surface area (Å²) in [6, 6.07) is 1.94. The van der Waals surface area contributed by atoms with Crippen LogP contribution < -0.4 is 11.1 Å². The van der Waals surface area contributed by atoms with Gasteiger partial charge in [-0.1, -0.05) is 6.42 Å². The van der Waals surface area contributed by atoms with E-state index in [1.54, 1.807) is 6.20 Å². The Morgan fingerprint density at radius 1 is 1.48 bits per heavy atom. The molecule has 2 aromatic rings. The number of rotatable bonds is 5. The van der Waals surface area contributed by atoms with E-state index >= 15 is 0 Å². The molecule has 1 aliphatic heterocycles. The van der Waals surface area contributed by atoms with Gasteiger partial charge in [-0.2, -0.15) is 0 Å². The Kier molecular flexibility index (Phi) is 4.97. The van der Waals surface area contributed by atoms with Gasteiger partial charge in [-0.05, 0) is 38.9 Å². The molecule has 0 aliphatic carbocycles. The summed E-state index contributed by atoms with van der Waals surface area (Å²) in [5.41, 5.74) is 7.88. The maximum absolute atomic E-state index is 12.3. The molecule has 0 spiro atoms. The van der Waals surface area contributed by atoms with Crippen LogP contribution in [0.15, 0.2) is 17.6 Å². The molecule has 2 aromatic heterocycles. The van der Waals surface area contributed by atoms with Gasteiger partial charge in [-0.3, -0.25) is 4.79 Å². The first-order chi connectivity index (χ1) is 11.1. The van der Waals surface area contributed by atoms with Crippen molar-refractivity contribution in [2.75, 3.05) is 25.4 Å². The lowest BCUT2D eigenvalue weighted by molar-refractivity contribution is 0.0921. The predicted octanol–water partition coefficient (Wildman–Crippen LogP) is 2.32. The maximum Gasteiger partial charge on any atom is 0.267 e. The molecule has 0 unspecified atom stereocenters. The van der Waals surface area contributed by atoms with Gasteiger partial charge in [-0.25, -0.2) is 4.98 Å². The summed E-state index contributed by atoms with van der Waals surface area (Å²) in [4.78, 5) is 22.0. The van der Waals surface area contributed by atoms with Crippen LogP contribution in [0.5, 0.6) is 0 Å². The zero-order valence-electron chi connectivity index (χ0n) is 13.3. The minimum Gasteiger partial charge on any atom is -0.375 e. The van der Waals surface area contributed by atoms with Crippen LogP contribution >= 0.6 is 11.3 Å². The number of aromatic nitrogens is 2. The lowest BCUT2D eigenvalue weighted by Crippen LogP contribution is -2.43. The molecule has 124 valence electrons. The van der Waals surface area contributed by atoms with Gasteiger partial charge in [0.2, 0.25) is 0 Å². The highest BCUT2D eigenvalue weighted by Crippen LogP contribution is 2.23. The number of nitrogens with two attached hydrogens (primary N) is 1. The second-order valence-electron chi connectivity index (χ2n) is 6.11. The van der Waals surface area contributed by atoms with Crippen molar-refractivity contribution in [2.24, 2.45) is 0 Å². The zero-order valence-corrected chi connectivity index (χ0v) is 14.2. The molecular weight excluding hydrogens is 310 g/mol. The third kappa shape index (κ3) is 4.11. The molecule has 6 nitrogen and oxygen atoms in total. The quantitative estimate of drug-likeness (QED) is 0.784. The molecule has 4 N–H and O–H groups in total. The summed E-state index contributed by atoms with van der Waals surface area (Å²) in [6.07, 6.45) is 5.64. The van der Waals surface area contributed by atoms with E-state index in [4.69, 9.17) is 5.73 Å². The van der Waals surface area contributed by atoms with Gasteiger partial charge in [0, 0.05) is 29.7 Å². The Bertz CT molecular complexity index is 659. The lowest BCUT2D eigenvalue weighted by Gasteiger charge is -2.29. The van der Waals surface area contributed by atoms with Crippen LogP contribution in [0.4, 0.5) is 5.13 Å². The van der Waals surface area contributed by atoms with Crippen molar-refractivity contribution in [3.8, 4) is 11.3 Å². The Labute approximate surface area is 140 Å². The van der Waals surface area contributed by atoms with E-state index in [2.05, 4.69) is 27.1 Å². The fourth-order valence-electron chi connectivity index (χ4n) is 2.97. The lowest BCUT2D eigenvalue weighted by atomic mass is 10.1. The molecule has 0 aromatic carbocycles. The van der Waals surface area contributed by atoms with Crippen LogP contribution in [-0.4, -0.2) is 46.5 Å². The number of amides is 1. The molecule has 0 radical (unpaired) electrons. The van der Waals surface area contributed by atoms with Gasteiger partial charge in [0.1, 0.15) is 5.69 Å². The van der Waals surface area contributed by atoms with Crippen LogP contribution in [0.1, 0.15) is 36.7 Å². The van der Waals surface area contributed by atoms with Gasteiger partial charge >= 0.3 is 0 Å². The predicted molar refractivity (Wildman–Crippen MR) is 93.5 cm³/mol. The molecule has 1 saturated heterocycles. The number of nitrogens with one attached hydrogen (secondary N) is 2. The Morgan fingerprint density at radius 3 is 2.96 bits per heavy atom. The molecule has 3 heterocycles. The monoisotopic (exact) mass is 333 g/mol. The van der Waals surface area contributed by atoms with Crippen molar-refractivity contribution in [1.82, 2.24) is 20.2 Å². The Morgan fingerprint density at radius 2 is 2.26 bits per heavy atom. The number of aromatic amines is 1. The fraction of sp³-hybridized carbons (Fsp3) is 0.500.